The maximum Gasteiger partial charge on any atom is 0.263 e. The van der Waals surface area contributed by atoms with Gasteiger partial charge in [0.05, 0.1) is 17.9 Å². The fraction of sp³-hybridized carbons (Fsp3) is 0.565. The van der Waals surface area contributed by atoms with Gasteiger partial charge in [-0.3, -0.25) is 4.79 Å². The first kappa shape index (κ1) is 20.6. The van der Waals surface area contributed by atoms with Crippen molar-refractivity contribution in [1.82, 2.24) is 15.6 Å². The molecule has 31 heavy (non-hydrogen) atoms. The van der Waals surface area contributed by atoms with Crippen LogP contribution in [0.25, 0.3) is 0 Å². The molecule has 5 rings (SSSR count). The molecule has 0 spiro atoms. The third-order valence-corrected chi connectivity index (χ3v) is 7.54. The molecule has 0 radical (unpaired) electrons. The van der Waals surface area contributed by atoms with Crippen LogP contribution in [-0.4, -0.2) is 56.3 Å². The van der Waals surface area contributed by atoms with Crippen LogP contribution in [0.3, 0.4) is 0 Å². The summed E-state index contributed by atoms with van der Waals surface area (Å²) >= 11 is 1.48. The number of nitrogens with zero attached hydrogens (tertiary/aromatic N) is 3. The monoisotopic (exact) mass is 441 g/mol. The van der Waals surface area contributed by atoms with Gasteiger partial charge in [0.25, 0.3) is 5.91 Å². The molecule has 4 heterocycles. The first-order valence-electron chi connectivity index (χ1n) is 11.2. The Morgan fingerprint density at radius 1 is 1.32 bits per heavy atom. The SMILES string of the molecule is CN(CC1CCNCC1)c1ccc2c(c1)OCCN2c1nc2c(s1)C(=O)NC(C)(C)C2. The Bertz CT molecular complexity index is 982. The van der Waals surface area contributed by atoms with E-state index in [0.29, 0.717) is 6.61 Å². The predicted molar refractivity (Wildman–Crippen MR) is 125 cm³/mol. The number of fused-ring (bicyclic) bond motifs is 2. The number of aromatic nitrogens is 1. The van der Waals surface area contributed by atoms with Gasteiger partial charge in [-0.2, -0.15) is 0 Å². The Morgan fingerprint density at radius 3 is 2.94 bits per heavy atom. The van der Waals surface area contributed by atoms with Crippen molar-refractivity contribution in [2.24, 2.45) is 5.92 Å². The van der Waals surface area contributed by atoms with Crippen molar-refractivity contribution in [3.63, 3.8) is 0 Å². The summed E-state index contributed by atoms with van der Waals surface area (Å²) in [5, 5.41) is 7.39. The Hall–Kier alpha value is -2.32. The minimum Gasteiger partial charge on any atom is -0.489 e. The van der Waals surface area contributed by atoms with E-state index in [0.717, 1.165) is 65.7 Å². The number of benzene rings is 1. The van der Waals surface area contributed by atoms with Crippen molar-refractivity contribution in [2.45, 2.75) is 38.6 Å². The molecule has 3 aliphatic heterocycles. The zero-order valence-corrected chi connectivity index (χ0v) is 19.3. The van der Waals surface area contributed by atoms with Gasteiger partial charge in [0.2, 0.25) is 0 Å². The molecule has 166 valence electrons. The molecule has 0 bridgehead atoms. The Balaban J connectivity index is 1.38. The molecule has 0 atom stereocenters. The fourth-order valence-corrected chi connectivity index (χ4v) is 5.80. The summed E-state index contributed by atoms with van der Waals surface area (Å²) in [5.74, 6) is 1.61. The number of ether oxygens (including phenoxy) is 1. The van der Waals surface area contributed by atoms with Gasteiger partial charge in [-0.15, -0.1) is 0 Å². The third kappa shape index (κ3) is 4.11. The molecule has 2 aromatic rings. The predicted octanol–water partition coefficient (Wildman–Crippen LogP) is 3.17. The standard InChI is InChI=1S/C23H31N5O2S/c1-23(2)13-17-20(21(29)26-23)31-22(25-17)28-10-11-30-19-12-16(4-5-18(19)28)27(3)14-15-6-8-24-9-7-15/h4-5,12,15,24H,6-11,13-14H2,1-3H3,(H,26,29). The molecule has 3 aliphatic rings. The molecule has 0 unspecified atom stereocenters. The summed E-state index contributed by atoms with van der Waals surface area (Å²) < 4.78 is 6.03. The highest BCUT2D eigenvalue weighted by Gasteiger charge is 2.34. The lowest BCUT2D eigenvalue weighted by Gasteiger charge is -2.32. The molecule has 0 saturated carbocycles. The lowest BCUT2D eigenvalue weighted by atomic mass is 9.94. The van der Waals surface area contributed by atoms with E-state index in [4.69, 9.17) is 9.72 Å². The van der Waals surface area contributed by atoms with Crippen molar-refractivity contribution >= 4 is 33.8 Å². The highest BCUT2D eigenvalue weighted by molar-refractivity contribution is 7.17. The first-order valence-corrected chi connectivity index (χ1v) is 12.0. The average Bonchev–Trinajstić information content (AvgIpc) is 3.16. The van der Waals surface area contributed by atoms with Crippen LogP contribution < -0.4 is 25.2 Å². The van der Waals surface area contributed by atoms with E-state index in [2.05, 4.69) is 45.7 Å². The summed E-state index contributed by atoms with van der Waals surface area (Å²) in [6.45, 7) is 8.72. The van der Waals surface area contributed by atoms with E-state index in [-0.39, 0.29) is 11.4 Å². The third-order valence-electron chi connectivity index (χ3n) is 6.42. The van der Waals surface area contributed by atoms with E-state index in [1.54, 1.807) is 0 Å². The number of carbonyl (C=O) groups excluding carboxylic acids is 1. The average molecular weight is 442 g/mol. The van der Waals surface area contributed by atoms with Gasteiger partial charge in [0.15, 0.2) is 5.13 Å². The Labute approximate surface area is 187 Å². The van der Waals surface area contributed by atoms with Gasteiger partial charge in [-0.1, -0.05) is 11.3 Å². The van der Waals surface area contributed by atoms with Gasteiger partial charge in [-0.05, 0) is 57.8 Å². The van der Waals surface area contributed by atoms with Gasteiger partial charge in [0.1, 0.15) is 17.2 Å². The molecule has 7 nitrogen and oxygen atoms in total. The van der Waals surface area contributed by atoms with Crippen molar-refractivity contribution < 1.29 is 9.53 Å². The minimum absolute atomic E-state index is 0.0154. The number of thiazole rings is 1. The number of rotatable bonds is 4. The van der Waals surface area contributed by atoms with Crippen molar-refractivity contribution in [2.75, 3.05) is 49.6 Å². The second-order valence-electron chi connectivity index (χ2n) is 9.51. The van der Waals surface area contributed by atoms with Crippen LogP contribution in [0.4, 0.5) is 16.5 Å². The highest BCUT2D eigenvalue weighted by Crippen LogP contribution is 2.42. The molecule has 1 amide bonds. The number of hydrogen-bond acceptors (Lipinski definition) is 7. The van der Waals surface area contributed by atoms with Crippen LogP contribution in [-0.2, 0) is 6.42 Å². The lowest BCUT2D eigenvalue weighted by molar-refractivity contribution is 0.0901. The number of nitrogens with one attached hydrogen (secondary N) is 2. The van der Waals surface area contributed by atoms with Crippen LogP contribution in [0.15, 0.2) is 18.2 Å². The second-order valence-corrected chi connectivity index (χ2v) is 10.5. The van der Waals surface area contributed by atoms with Gasteiger partial charge < -0.3 is 25.2 Å². The number of hydrogen-bond donors (Lipinski definition) is 2. The number of anilines is 3. The quantitative estimate of drug-likeness (QED) is 0.760. The minimum atomic E-state index is -0.258. The molecule has 1 fully saturated rings. The van der Waals surface area contributed by atoms with E-state index in [1.807, 2.05) is 13.8 Å². The Morgan fingerprint density at radius 2 is 2.13 bits per heavy atom. The van der Waals surface area contributed by atoms with Crippen molar-refractivity contribution in [1.29, 1.82) is 0 Å². The second kappa shape index (κ2) is 7.98. The van der Waals surface area contributed by atoms with Crippen LogP contribution >= 0.6 is 11.3 Å². The summed E-state index contributed by atoms with van der Waals surface area (Å²) in [7, 11) is 2.17. The van der Waals surface area contributed by atoms with E-state index >= 15 is 0 Å². The highest BCUT2D eigenvalue weighted by atomic mass is 32.1. The number of amides is 1. The lowest BCUT2D eigenvalue weighted by Crippen LogP contribution is -2.48. The van der Waals surface area contributed by atoms with Crippen LogP contribution in [0, 0.1) is 5.92 Å². The topological polar surface area (TPSA) is 69.7 Å². The molecule has 8 heteroatoms. The van der Waals surface area contributed by atoms with E-state index < -0.39 is 0 Å². The zero-order valence-electron chi connectivity index (χ0n) is 18.5. The van der Waals surface area contributed by atoms with Gasteiger partial charge in [0, 0.05) is 37.3 Å². The molecule has 0 aliphatic carbocycles. The smallest absolute Gasteiger partial charge is 0.263 e. The maximum atomic E-state index is 12.5. The maximum absolute atomic E-state index is 12.5. The molecular formula is C23H31N5O2S. The molecule has 1 saturated heterocycles. The first-order chi connectivity index (χ1) is 14.9. The van der Waals surface area contributed by atoms with Gasteiger partial charge >= 0.3 is 0 Å². The summed E-state index contributed by atoms with van der Waals surface area (Å²) in [5.41, 5.74) is 2.85. The summed E-state index contributed by atoms with van der Waals surface area (Å²) in [6.07, 6.45) is 3.22. The van der Waals surface area contributed by atoms with Crippen LogP contribution in [0.5, 0.6) is 5.75 Å². The van der Waals surface area contributed by atoms with E-state index in [9.17, 15) is 4.79 Å². The fourth-order valence-electron chi connectivity index (χ4n) is 4.78. The summed E-state index contributed by atoms with van der Waals surface area (Å²) in [6, 6.07) is 6.45. The summed E-state index contributed by atoms with van der Waals surface area (Å²) in [4.78, 5) is 22.7. The largest absolute Gasteiger partial charge is 0.489 e. The van der Waals surface area contributed by atoms with E-state index in [1.165, 1.54) is 29.9 Å². The van der Waals surface area contributed by atoms with Crippen LogP contribution in [0.1, 0.15) is 42.1 Å². The van der Waals surface area contributed by atoms with Crippen molar-refractivity contribution in [3.05, 3.63) is 28.8 Å². The van der Waals surface area contributed by atoms with Crippen molar-refractivity contribution in [3.8, 4) is 5.75 Å². The van der Waals surface area contributed by atoms with Gasteiger partial charge in [-0.25, -0.2) is 4.98 Å². The number of piperidine rings is 1. The molecule has 1 aromatic carbocycles. The Kier molecular flexibility index (Phi) is 5.30. The molecule has 1 aromatic heterocycles. The van der Waals surface area contributed by atoms with Crippen LogP contribution in [0.2, 0.25) is 0 Å². The normalized spacial score (nSPS) is 20.5. The molecule has 2 N–H and O–H groups in total. The zero-order chi connectivity index (χ0) is 21.6. The number of carbonyl (C=O) groups is 1. The molecular weight excluding hydrogens is 410 g/mol.